The molecule has 1 saturated heterocycles. The molecule has 6 heteroatoms. The fourth-order valence-corrected chi connectivity index (χ4v) is 3.10. The van der Waals surface area contributed by atoms with E-state index in [1.165, 1.54) is 17.8 Å². The summed E-state index contributed by atoms with van der Waals surface area (Å²) in [7, 11) is 0. The zero-order chi connectivity index (χ0) is 14.7. The van der Waals surface area contributed by atoms with Gasteiger partial charge in [-0.25, -0.2) is 9.97 Å². The number of rotatable bonds is 3. The SMILES string of the molecule is Cc1cccc(Nc2nc(C(=O)N3CCCCC3)cs2)n1. The van der Waals surface area contributed by atoms with Crippen LogP contribution in [0.2, 0.25) is 0 Å². The van der Waals surface area contributed by atoms with Crippen LogP contribution in [-0.2, 0) is 0 Å². The van der Waals surface area contributed by atoms with Crippen molar-refractivity contribution in [2.24, 2.45) is 0 Å². The number of amides is 1. The molecule has 21 heavy (non-hydrogen) atoms. The molecule has 1 fully saturated rings. The predicted octanol–water partition coefficient (Wildman–Crippen LogP) is 3.22. The Morgan fingerprint density at radius 2 is 2.05 bits per heavy atom. The van der Waals surface area contributed by atoms with Crippen LogP contribution in [0.1, 0.15) is 35.4 Å². The Morgan fingerprint density at radius 3 is 2.81 bits per heavy atom. The molecule has 0 unspecified atom stereocenters. The van der Waals surface area contributed by atoms with Crippen LogP contribution in [0.3, 0.4) is 0 Å². The van der Waals surface area contributed by atoms with Gasteiger partial charge < -0.3 is 10.2 Å². The van der Waals surface area contributed by atoms with Gasteiger partial charge in [0.2, 0.25) is 0 Å². The van der Waals surface area contributed by atoms with E-state index in [0.717, 1.165) is 37.4 Å². The van der Waals surface area contributed by atoms with Gasteiger partial charge in [0, 0.05) is 24.2 Å². The monoisotopic (exact) mass is 302 g/mol. The third kappa shape index (κ3) is 3.39. The van der Waals surface area contributed by atoms with E-state index in [0.29, 0.717) is 10.8 Å². The van der Waals surface area contributed by atoms with Crippen molar-refractivity contribution in [2.45, 2.75) is 26.2 Å². The van der Waals surface area contributed by atoms with Gasteiger partial charge in [0.15, 0.2) is 5.13 Å². The number of pyridine rings is 1. The van der Waals surface area contributed by atoms with E-state index in [2.05, 4.69) is 15.3 Å². The summed E-state index contributed by atoms with van der Waals surface area (Å²) in [5.74, 6) is 0.789. The molecule has 3 rings (SSSR count). The molecule has 0 saturated carbocycles. The van der Waals surface area contributed by atoms with Crippen molar-refractivity contribution in [2.75, 3.05) is 18.4 Å². The molecule has 1 aliphatic heterocycles. The number of nitrogens with zero attached hydrogens (tertiary/aromatic N) is 3. The molecule has 5 nitrogen and oxygen atoms in total. The van der Waals surface area contributed by atoms with Crippen molar-refractivity contribution < 1.29 is 4.79 Å². The Labute approximate surface area is 128 Å². The molecule has 3 heterocycles. The van der Waals surface area contributed by atoms with E-state index in [1.807, 2.05) is 35.4 Å². The third-order valence-electron chi connectivity index (χ3n) is 3.49. The number of aromatic nitrogens is 2. The van der Waals surface area contributed by atoms with Gasteiger partial charge in [-0.15, -0.1) is 11.3 Å². The number of anilines is 2. The van der Waals surface area contributed by atoms with Crippen molar-refractivity contribution in [3.63, 3.8) is 0 Å². The smallest absolute Gasteiger partial charge is 0.273 e. The molecule has 2 aromatic heterocycles. The van der Waals surface area contributed by atoms with Gasteiger partial charge >= 0.3 is 0 Å². The van der Waals surface area contributed by atoms with E-state index in [1.54, 1.807) is 0 Å². The number of carbonyl (C=O) groups is 1. The zero-order valence-corrected chi connectivity index (χ0v) is 12.8. The first-order valence-corrected chi connectivity index (χ1v) is 8.06. The van der Waals surface area contributed by atoms with Crippen molar-refractivity contribution in [3.05, 3.63) is 35.0 Å². The molecule has 1 N–H and O–H groups in total. The van der Waals surface area contributed by atoms with Crippen molar-refractivity contribution >= 4 is 28.2 Å². The minimum Gasteiger partial charge on any atom is -0.337 e. The molecule has 0 bridgehead atoms. The molecular formula is C15H18N4OS. The second-order valence-corrected chi connectivity index (χ2v) is 6.04. The molecule has 110 valence electrons. The Kier molecular flexibility index (Phi) is 4.15. The fraction of sp³-hybridized carbons (Fsp3) is 0.400. The molecule has 0 aromatic carbocycles. The summed E-state index contributed by atoms with van der Waals surface area (Å²) < 4.78 is 0. The summed E-state index contributed by atoms with van der Waals surface area (Å²) in [5.41, 5.74) is 1.47. The molecule has 0 radical (unpaired) electrons. The maximum Gasteiger partial charge on any atom is 0.273 e. The Morgan fingerprint density at radius 1 is 1.24 bits per heavy atom. The van der Waals surface area contributed by atoms with E-state index in [9.17, 15) is 4.79 Å². The lowest BCUT2D eigenvalue weighted by Crippen LogP contribution is -2.35. The van der Waals surface area contributed by atoms with Crippen LogP contribution in [0, 0.1) is 6.92 Å². The van der Waals surface area contributed by atoms with Crippen LogP contribution in [0.25, 0.3) is 0 Å². The number of aryl methyl sites for hydroxylation is 1. The number of likely N-dealkylation sites (tertiary alicyclic amines) is 1. The highest BCUT2D eigenvalue weighted by Gasteiger charge is 2.20. The van der Waals surface area contributed by atoms with Gasteiger partial charge in [0.1, 0.15) is 11.5 Å². The molecule has 1 aliphatic rings. The van der Waals surface area contributed by atoms with E-state index < -0.39 is 0 Å². The topological polar surface area (TPSA) is 58.1 Å². The van der Waals surface area contributed by atoms with Crippen LogP contribution in [0.4, 0.5) is 10.9 Å². The highest BCUT2D eigenvalue weighted by atomic mass is 32.1. The lowest BCUT2D eigenvalue weighted by atomic mass is 10.1. The lowest BCUT2D eigenvalue weighted by molar-refractivity contribution is 0.0719. The van der Waals surface area contributed by atoms with E-state index in [-0.39, 0.29) is 5.91 Å². The Balaban J connectivity index is 1.69. The summed E-state index contributed by atoms with van der Waals surface area (Å²) in [5, 5.41) is 5.67. The number of piperidine rings is 1. The lowest BCUT2D eigenvalue weighted by Gasteiger charge is -2.25. The van der Waals surface area contributed by atoms with Crippen LogP contribution in [0.15, 0.2) is 23.6 Å². The van der Waals surface area contributed by atoms with Crippen LogP contribution in [-0.4, -0.2) is 33.9 Å². The number of thiazole rings is 1. The Bertz CT molecular complexity index is 634. The number of carbonyl (C=O) groups excluding carboxylic acids is 1. The standard InChI is InChI=1S/C15H18N4OS/c1-11-6-5-7-13(16-11)18-15-17-12(10-21-15)14(20)19-8-3-2-4-9-19/h5-7,10H,2-4,8-9H2,1H3,(H,16,17,18). The van der Waals surface area contributed by atoms with E-state index in [4.69, 9.17) is 0 Å². The second-order valence-electron chi connectivity index (χ2n) is 5.18. The summed E-state index contributed by atoms with van der Waals surface area (Å²) in [6.45, 7) is 3.63. The molecular weight excluding hydrogens is 284 g/mol. The maximum absolute atomic E-state index is 12.3. The second kappa shape index (κ2) is 6.22. The summed E-state index contributed by atoms with van der Waals surface area (Å²) in [6, 6.07) is 5.77. The van der Waals surface area contributed by atoms with Crippen molar-refractivity contribution in [3.8, 4) is 0 Å². The van der Waals surface area contributed by atoms with Crippen molar-refractivity contribution in [1.82, 2.24) is 14.9 Å². The highest BCUT2D eigenvalue weighted by molar-refractivity contribution is 7.14. The Hall–Kier alpha value is -1.95. The minimum atomic E-state index is 0.0381. The van der Waals surface area contributed by atoms with Gasteiger partial charge in [-0.05, 0) is 38.3 Å². The number of nitrogens with one attached hydrogen (secondary N) is 1. The largest absolute Gasteiger partial charge is 0.337 e. The first kappa shape index (κ1) is 14.0. The first-order valence-electron chi connectivity index (χ1n) is 7.18. The van der Waals surface area contributed by atoms with Gasteiger partial charge in [-0.1, -0.05) is 6.07 Å². The fourth-order valence-electron chi connectivity index (χ4n) is 2.41. The number of hydrogen-bond donors (Lipinski definition) is 1. The average molecular weight is 302 g/mol. The summed E-state index contributed by atoms with van der Waals surface area (Å²) >= 11 is 1.43. The molecule has 0 aliphatic carbocycles. The van der Waals surface area contributed by atoms with Crippen LogP contribution in [0.5, 0.6) is 0 Å². The highest BCUT2D eigenvalue weighted by Crippen LogP contribution is 2.21. The summed E-state index contributed by atoms with van der Waals surface area (Å²) in [4.78, 5) is 23.0. The molecule has 0 atom stereocenters. The number of hydrogen-bond acceptors (Lipinski definition) is 5. The van der Waals surface area contributed by atoms with Gasteiger partial charge in [-0.2, -0.15) is 0 Å². The molecule has 1 amide bonds. The predicted molar refractivity (Wildman–Crippen MR) is 84.1 cm³/mol. The minimum absolute atomic E-state index is 0.0381. The molecule has 0 spiro atoms. The van der Waals surface area contributed by atoms with Gasteiger partial charge in [0.25, 0.3) is 5.91 Å². The average Bonchev–Trinajstić information content (AvgIpc) is 2.96. The zero-order valence-electron chi connectivity index (χ0n) is 12.0. The normalized spacial score (nSPS) is 15.0. The van der Waals surface area contributed by atoms with Gasteiger partial charge in [-0.3, -0.25) is 4.79 Å². The third-order valence-corrected chi connectivity index (χ3v) is 4.25. The quantitative estimate of drug-likeness (QED) is 0.946. The molecule has 2 aromatic rings. The van der Waals surface area contributed by atoms with E-state index >= 15 is 0 Å². The van der Waals surface area contributed by atoms with Crippen molar-refractivity contribution in [1.29, 1.82) is 0 Å². The maximum atomic E-state index is 12.3. The summed E-state index contributed by atoms with van der Waals surface area (Å²) in [6.07, 6.45) is 3.40. The van der Waals surface area contributed by atoms with Crippen LogP contribution >= 0.6 is 11.3 Å². The van der Waals surface area contributed by atoms with Gasteiger partial charge in [0.05, 0.1) is 0 Å². The van der Waals surface area contributed by atoms with Crippen LogP contribution < -0.4 is 5.32 Å². The first-order chi connectivity index (χ1) is 10.2.